The van der Waals surface area contributed by atoms with Gasteiger partial charge in [0.05, 0.1) is 7.11 Å². The fourth-order valence-electron chi connectivity index (χ4n) is 4.42. The van der Waals surface area contributed by atoms with Crippen LogP contribution in [-0.4, -0.2) is 7.11 Å². The van der Waals surface area contributed by atoms with Crippen molar-refractivity contribution in [2.24, 2.45) is 5.41 Å². The fraction of sp³-hybridized carbons (Fsp3) is 0.474. The maximum Gasteiger partial charge on any atom is 0.119 e. The van der Waals surface area contributed by atoms with Gasteiger partial charge in [-0.15, -0.1) is 0 Å². The lowest BCUT2D eigenvalue weighted by molar-refractivity contribution is 0.359. The second kappa shape index (κ2) is 4.25. The number of allylic oxidation sites excluding steroid dienone is 4. The molecule has 0 aromatic heterocycles. The van der Waals surface area contributed by atoms with Gasteiger partial charge in [-0.1, -0.05) is 19.1 Å². The molecule has 0 N–H and O–H groups in total. The summed E-state index contributed by atoms with van der Waals surface area (Å²) in [5, 5.41) is 0. The number of methoxy groups -OCH3 is 1. The molecule has 3 aliphatic carbocycles. The molecule has 0 heterocycles. The van der Waals surface area contributed by atoms with Gasteiger partial charge in [0.2, 0.25) is 0 Å². The second-order valence-electron chi connectivity index (χ2n) is 6.70. The first-order valence-corrected chi connectivity index (χ1v) is 7.82. The van der Waals surface area contributed by atoms with E-state index in [1.807, 2.05) is 0 Å². The molecule has 1 aromatic rings. The Hall–Kier alpha value is -1.50. The Morgan fingerprint density at radius 2 is 1.95 bits per heavy atom. The molecule has 1 atom stereocenters. The standard InChI is InChI=1S/C19H22O/c1-19-10-3-4-18(19)17-7-5-13-12-14(20-2)6-8-15(13)16(17)9-11-19/h4,6,8,12H,3,5,7,9-11H2,1-2H3/t19-/m0/s1. The number of aryl methyl sites for hydroxylation is 1. The van der Waals surface area contributed by atoms with Gasteiger partial charge in [-0.05, 0) is 83.9 Å². The van der Waals surface area contributed by atoms with Crippen LogP contribution in [0.2, 0.25) is 0 Å². The van der Waals surface area contributed by atoms with E-state index < -0.39 is 0 Å². The van der Waals surface area contributed by atoms with Crippen molar-refractivity contribution in [3.8, 4) is 5.75 Å². The average molecular weight is 266 g/mol. The predicted molar refractivity (Wildman–Crippen MR) is 82.9 cm³/mol. The zero-order chi connectivity index (χ0) is 13.7. The normalized spacial score (nSPS) is 27.6. The fourth-order valence-corrected chi connectivity index (χ4v) is 4.42. The third-order valence-electron chi connectivity index (χ3n) is 5.59. The first kappa shape index (κ1) is 12.3. The first-order valence-electron chi connectivity index (χ1n) is 7.82. The largest absolute Gasteiger partial charge is 0.497 e. The number of hydrogen-bond donors (Lipinski definition) is 0. The molecule has 20 heavy (non-hydrogen) atoms. The monoisotopic (exact) mass is 266 g/mol. The van der Waals surface area contributed by atoms with Gasteiger partial charge >= 0.3 is 0 Å². The minimum atomic E-state index is 0.475. The Morgan fingerprint density at radius 1 is 1.05 bits per heavy atom. The van der Waals surface area contributed by atoms with E-state index in [0.29, 0.717) is 5.41 Å². The number of benzene rings is 1. The quantitative estimate of drug-likeness (QED) is 0.701. The lowest BCUT2D eigenvalue weighted by Crippen LogP contribution is -2.24. The molecule has 104 valence electrons. The summed E-state index contributed by atoms with van der Waals surface area (Å²) in [5.74, 6) is 0.994. The van der Waals surface area contributed by atoms with Crippen molar-refractivity contribution in [1.29, 1.82) is 0 Å². The van der Waals surface area contributed by atoms with Crippen molar-refractivity contribution in [3.63, 3.8) is 0 Å². The molecule has 0 bridgehead atoms. The maximum absolute atomic E-state index is 5.37. The van der Waals surface area contributed by atoms with E-state index in [2.05, 4.69) is 31.2 Å². The van der Waals surface area contributed by atoms with Gasteiger partial charge in [0, 0.05) is 0 Å². The summed E-state index contributed by atoms with van der Waals surface area (Å²) in [6.45, 7) is 2.47. The molecule has 1 heteroatoms. The van der Waals surface area contributed by atoms with E-state index in [0.717, 1.165) is 5.75 Å². The molecular formula is C19H22O. The molecule has 0 saturated carbocycles. The highest BCUT2D eigenvalue weighted by atomic mass is 16.5. The van der Waals surface area contributed by atoms with Crippen LogP contribution in [0.15, 0.2) is 35.4 Å². The molecule has 3 aliphatic rings. The van der Waals surface area contributed by atoms with Crippen LogP contribution < -0.4 is 4.74 Å². The van der Waals surface area contributed by atoms with Crippen LogP contribution in [0.3, 0.4) is 0 Å². The van der Waals surface area contributed by atoms with E-state index >= 15 is 0 Å². The minimum absolute atomic E-state index is 0.475. The summed E-state index contributed by atoms with van der Waals surface area (Å²) in [6, 6.07) is 6.63. The van der Waals surface area contributed by atoms with Gasteiger partial charge in [0.25, 0.3) is 0 Å². The van der Waals surface area contributed by atoms with Gasteiger partial charge < -0.3 is 4.74 Å². The van der Waals surface area contributed by atoms with E-state index in [4.69, 9.17) is 4.74 Å². The summed E-state index contributed by atoms with van der Waals surface area (Å²) in [7, 11) is 1.75. The van der Waals surface area contributed by atoms with E-state index in [1.54, 1.807) is 23.8 Å². The number of hydrogen-bond acceptors (Lipinski definition) is 1. The zero-order valence-corrected chi connectivity index (χ0v) is 12.5. The molecule has 4 rings (SSSR count). The molecule has 0 saturated heterocycles. The number of ether oxygens (including phenoxy) is 1. The molecule has 1 aromatic carbocycles. The van der Waals surface area contributed by atoms with Crippen molar-refractivity contribution in [1.82, 2.24) is 0 Å². The first-order chi connectivity index (χ1) is 9.71. The molecular weight excluding hydrogens is 244 g/mol. The predicted octanol–water partition coefficient (Wildman–Crippen LogP) is 4.92. The Kier molecular flexibility index (Phi) is 2.60. The lowest BCUT2D eigenvalue weighted by atomic mass is 9.66. The zero-order valence-electron chi connectivity index (χ0n) is 12.5. The SMILES string of the molecule is COc1ccc2c(c1)CCC1=C2CC[C@]2(C)CCC=C12. The van der Waals surface area contributed by atoms with Crippen LogP contribution in [0.5, 0.6) is 5.75 Å². The molecule has 0 unspecified atom stereocenters. The Bertz CT molecular complexity index is 635. The highest BCUT2D eigenvalue weighted by Crippen LogP contribution is 2.55. The topological polar surface area (TPSA) is 9.23 Å². The average Bonchev–Trinajstić information content (AvgIpc) is 2.88. The third kappa shape index (κ3) is 1.62. The van der Waals surface area contributed by atoms with Gasteiger partial charge in [0.1, 0.15) is 5.75 Å². The number of fused-ring (bicyclic) bond motifs is 4. The Balaban J connectivity index is 1.84. The van der Waals surface area contributed by atoms with E-state index in [1.165, 1.54) is 49.7 Å². The molecule has 1 nitrogen and oxygen atoms in total. The van der Waals surface area contributed by atoms with E-state index in [-0.39, 0.29) is 0 Å². The molecule has 0 radical (unpaired) electrons. The maximum atomic E-state index is 5.37. The molecule has 0 fully saturated rings. The van der Waals surface area contributed by atoms with Gasteiger partial charge in [-0.25, -0.2) is 0 Å². The summed E-state index contributed by atoms with van der Waals surface area (Å²) < 4.78 is 5.37. The van der Waals surface area contributed by atoms with Crippen LogP contribution in [0.4, 0.5) is 0 Å². The van der Waals surface area contributed by atoms with E-state index in [9.17, 15) is 0 Å². The molecule has 0 amide bonds. The van der Waals surface area contributed by atoms with Crippen LogP contribution in [0, 0.1) is 5.41 Å². The summed E-state index contributed by atoms with van der Waals surface area (Å²) in [4.78, 5) is 0. The third-order valence-corrected chi connectivity index (χ3v) is 5.59. The van der Waals surface area contributed by atoms with Crippen molar-refractivity contribution in [2.75, 3.05) is 7.11 Å². The van der Waals surface area contributed by atoms with Gasteiger partial charge in [0.15, 0.2) is 0 Å². The Morgan fingerprint density at radius 3 is 2.80 bits per heavy atom. The second-order valence-corrected chi connectivity index (χ2v) is 6.70. The lowest BCUT2D eigenvalue weighted by Gasteiger charge is -2.39. The summed E-state index contributed by atoms with van der Waals surface area (Å²) >= 11 is 0. The Labute approximate surface area is 121 Å². The highest BCUT2D eigenvalue weighted by Gasteiger charge is 2.39. The van der Waals surface area contributed by atoms with Crippen LogP contribution >= 0.6 is 0 Å². The smallest absolute Gasteiger partial charge is 0.119 e. The molecule has 0 spiro atoms. The van der Waals surface area contributed by atoms with Crippen molar-refractivity contribution in [2.45, 2.75) is 45.4 Å². The minimum Gasteiger partial charge on any atom is -0.497 e. The van der Waals surface area contributed by atoms with Gasteiger partial charge in [-0.2, -0.15) is 0 Å². The van der Waals surface area contributed by atoms with Crippen molar-refractivity contribution < 1.29 is 4.74 Å². The molecule has 0 aliphatic heterocycles. The number of rotatable bonds is 1. The van der Waals surface area contributed by atoms with Crippen LogP contribution in [0.25, 0.3) is 5.57 Å². The summed E-state index contributed by atoms with van der Waals surface area (Å²) in [6.07, 6.45) is 10.1. The highest BCUT2D eigenvalue weighted by molar-refractivity contribution is 5.79. The summed E-state index contributed by atoms with van der Waals surface area (Å²) in [5.41, 5.74) is 8.42. The van der Waals surface area contributed by atoms with Gasteiger partial charge in [-0.3, -0.25) is 0 Å². The van der Waals surface area contributed by atoms with Crippen LogP contribution in [0.1, 0.15) is 50.2 Å². The van der Waals surface area contributed by atoms with Crippen molar-refractivity contribution >= 4 is 5.57 Å². The van der Waals surface area contributed by atoms with Crippen molar-refractivity contribution in [3.05, 3.63) is 46.5 Å². The van der Waals surface area contributed by atoms with Crippen LogP contribution in [-0.2, 0) is 6.42 Å².